The number of fused-ring (bicyclic) bond motifs is 1. The normalized spacial score (nSPS) is 10.5. The molecule has 5 heteroatoms. The highest BCUT2D eigenvalue weighted by atomic mass is 79.9. The molecule has 3 aromatic rings. The monoisotopic (exact) mass is 488 g/mol. The third kappa shape index (κ3) is 8.06. The van der Waals surface area contributed by atoms with Crippen molar-refractivity contribution in [2.45, 2.75) is 66.4 Å². The number of halogens is 1. The van der Waals surface area contributed by atoms with Crippen LogP contribution >= 0.6 is 15.9 Å². The number of unbranched alkanes of at least 4 members (excludes halogenated alkanes) is 3. The molecular weight excluding hydrogens is 456 g/mol. The Hall–Kier alpha value is -2.27. The van der Waals surface area contributed by atoms with Crippen molar-refractivity contribution in [2.24, 2.45) is 0 Å². The Morgan fingerprint density at radius 1 is 1.03 bits per heavy atom. The van der Waals surface area contributed by atoms with Crippen LogP contribution in [-0.4, -0.2) is 12.6 Å². The molecule has 3 rings (SSSR count). The number of hydrogen-bond acceptors (Lipinski definition) is 4. The molecule has 0 aliphatic heterocycles. The molecule has 0 radical (unpaired) electrons. The largest absolute Gasteiger partial charge is 0.489 e. The summed E-state index contributed by atoms with van der Waals surface area (Å²) >= 11 is 3.52. The van der Waals surface area contributed by atoms with Crippen LogP contribution in [0.25, 0.3) is 11.0 Å². The van der Waals surface area contributed by atoms with Crippen LogP contribution in [0.15, 0.2) is 51.6 Å². The Labute approximate surface area is 194 Å². The van der Waals surface area contributed by atoms with Crippen molar-refractivity contribution in [1.29, 1.82) is 0 Å². The van der Waals surface area contributed by atoms with E-state index in [9.17, 15) is 4.79 Å². The van der Waals surface area contributed by atoms with Gasteiger partial charge < -0.3 is 13.9 Å². The van der Waals surface area contributed by atoms with E-state index in [4.69, 9.17) is 13.9 Å². The fourth-order valence-corrected chi connectivity index (χ4v) is 3.77. The summed E-state index contributed by atoms with van der Waals surface area (Å²) in [5.41, 5.74) is 3.74. The molecule has 168 valence electrons. The zero-order valence-electron chi connectivity index (χ0n) is 19.0. The molecule has 0 N–H and O–H groups in total. The van der Waals surface area contributed by atoms with E-state index in [1.807, 2.05) is 43.3 Å². The number of carbonyl (C=O) groups is 1. The topological polar surface area (TPSA) is 48.7 Å². The lowest BCUT2D eigenvalue weighted by Crippen LogP contribution is -2.09. The first-order valence-electron chi connectivity index (χ1n) is 11.0. The molecule has 0 atom stereocenters. The van der Waals surface area contributed by atoms with Gasteiger partial charge in [-0.15, -0.1) is 0 Å². The molecule has 2 aromatic carbocycles. The Morgan fingerprint density at radius 2 is 1.77 bits per heavy atom. The maximum atomic E-state index is 11.8. The predicted molar refractivity (Wildman–Crippen MR) is 130 cm³/mol. The number of furan rings is 1. The summed E-state index contributed by atoms with van der Waals surface area (Å²) in [5, 5.41) is 1.02. The van der Waals surface area contributed by atoms with E-state index < -0.39 is 0 Å². The van der Waals surface area contributed by atoms with Gasteiger partial charge in [-0.2, -0.15) is 0 Å². The van der Waals surface area contributed by atoms with Crippen molar-refractivity contribution in [3.63, 3.8) is 0 Å². The van der Waals surface area contributed by atoms with Crippen LogP contribution in [0.3, 0.4) is 0 Å². The average molecular weight is 489 g/mol. The van der Waals surface area contributed by atoms with Gasteiger partial charge in [-0.25, -0.2) is 0 Å². The fraction of sp³-hybridized carbons (Fsp3) is 0.423. The van der Waals surface area contributed by atoms with Crippen molar-refractivity contribution in [3.8, 4) is 5.75 Å². The van der Waals surface area contributed by atoms with Crippen LogP contribution in [-0.2, 0) is 22.6 Å². The first kappa shape index (κ1) is 25.0. The van der Waals surface area contributed by atoms with Gasteiger partial charge in [0.2, 0.25) is 0 Å². The smallest absolute Gasteiger partial charge is 0.310 e. The van der Waals surface area contributed by atoms with Crippen LogP contribution in [0.5, 0.6) is 5.75 Å². The number of aryl methyl sites for hydroxylation is 1. The third-order valence-corrected chi connectivity index (χ3v) is 5.37. The number of benzene rings is 2. The van der Waals surface area contributed by atoms with Gasteiger partial charge in [-0.1, -0.05) is 51.7 Å². The molecule has 31 heavy (non-hydrogen) atoms. The summed E-state index contributed by atoms with van der Waals surface area (Å²) in [6.45, 7) is 9.04. The highest BCUT2D eigenvalue weighted by Gasteiger charge is 2.11. The molecule has 0 unspecified atom stereocenters. The van der Waals surface area contributed by atoms with Crippen molar-refractivity contribution in [1.82, 2.24) is 0 Å². The van der Waals surface area contributed by atoms with Crippen LogP contribution < -0.4 is 4.74 Å². The van der Waals surface area contributed by atoms with Gasteiger partial charge in [0, 0.05) is 10.9 Å². The maximum Gasteiger partial charge on any atom is 0.310 e. The van der Waals surface area contributed by atoms with E-state index in [-0.39, 0.29) is 12.4 Å². The average Bonchev–Trinajstić information content (AvgIpc) is 3.22. The van der Waals surface area contributed by atoms with Crippen LogP contribution in [0.1, 0.15) is 63.1 Å². The summed E-state index contributed by atoms with van der Waals surface area (Å²) in [5.74, 6) is 0.454. The predicted octanol–water partition coefficient (Wildman–Crippen LogP) is 7.77. The van der Waals surface area contributed by atoms with Crippen LogP contribution in [0.2, 0.25) is 0 Å². The number of ether oxygens (including phenoxy) is 2. The molecule has 0 aliphatic rings. The molecule has 1 heterocycles. The summed E-state index contributed by atoms with van der Waals surface area (Å²) in [7, 11) is 0. The van der Waals surface area contributed by atoms with Gasteiger partial charge >= 0.3 is 5.97 Å². The second-order valence-electron chi connectivity index (χ2n) is 7.51. The molecule has 1 aromatic heterocycles. The highest BCUT2D eigenvalue weighted by Crippen LogP contribution is 2.28. The molecule has 0 fully saturated rings. The third-order valence-electron chi connectivity index (χ3n) is 4.78. The molecule has 0 spiro atoms. The summed E-state index contributed by atoms with van der Waals surface area (Å²) in [6.07, 6.45) is 7.40. The van der Waals surface area contributed by atoms with E-state index in [2.05, 4.69) is 29.8 Å². The second kappa shape index (κ2) is 13.2. The standard InChI is InChI=1S/C20H19BrO4.C6H14/c1-3-23-19(22)11-15-5-4-13(2)8-18(15)25-12-14-9-16-6-7-24-20(16)17(21)10-14;1-3-5-6-4-2/h4-10H,3,11-12H2,1-2H3;3-6H2,1-2H3. The van der Waals surface area contributed by atoms with E-state index >= 15 is 0 Å². The molecule has 0 bridgehead atoms. The Morgan fingerprint density at radius 3 is 2.45 bits per heavy atom. The Bertz CT molecular complexity index is 957. The second-order valence-corrected chi connectivity index (χ2v) is 8.36. The summed E-state index contributed by atoms with van der Waals surface area (Å²) in [4.78, 5) is 11.8. The minimum absolute atomic E-state index is 0.202. The van der Waals surface area contributed by atoms with Crippen LogP contribution in [0.4, 0.5) is 0 Å². The number of hydrogen-bond donors (Lipinski definition) is 0. The SMILES string of the molecule is CCCCCC.CCOC(=O)Cc1ccc(C)cc1OCc1cc(Br)c2occc2c1. The van der Waals surface area contributed by atoms with Crippen molar-refractivity contribution in [2.75, 3.05) is 6.61 Å². The summed E-state index contributed by atoms with van der Waals surface area (Å²) < 4.78 is 17.4. The number of rotatable bonds is 9. The molecule has 0 aliphatic carbocycles. The first-order chi connectivity index (χ1) is 15.0. The minimum atomic E-state index is -0.251. The van der Waals surface area contributed by atoms with E-state index in [1.54, 1.807) is 13.2 Å². The lowest BCUT2D eigenvalue weighted by atomic mass is 10.1. The van der Waals surface area contributed by atoms with Gasteiger partial charge in [0.15, 0.2) is 0 Å². The zero-order chi connectivity index (χ0) is 22.6. The molecular formula is C26H33BrO4. The quantitative estimate of drug-likeness (QED) is 0.228. The van der Waals surface area contributed by atoms with Crippen molar-refractivity contribution >= 4 is 32.9 Å². The van der Waals surface area contributed by atoms with Gasteiger partial charge in [0.1, 0.15) is 17.9 Å². The summed E-state index contributed by atoms with van der Waals surface area (Å²) in [6, 6.07) is 11.8. The molecule has 0 amide bonds. The lowest BCUT2D eigenvalue weighted by molar-refractivity contribution is -0.142. The van der Waals surface area contributed by atoms with Crippen molar-refractivity contribution in [3.05, 3.63) is 63.8 Å². The maximum absolute atomic E-state index is 11.8. The van der Waals surface area contributed by atoms with Gasteiger partial charge in [-0.05, 0) is 65.2 Å². The Balaban J connectivity index is 0.000000501. The lowest BCUT2D eigenvalue weighted by Gasteiger charge is -2.13. The van der Waals surface area contributed by atoms with Gasteiger partial charge in [0.05, 0.1) is 23.8 Å². The van der Waals surface area contributed by atoms with E-state index in [0.717, 1.165) is 32.1 Å². The van der Waals surface area contributed by atoms with E-state index in [1.165, 1.54) is 25.7 Å². The van der Waals surface area contributed by atoms with Crippen molar-refractivity contribution < 1.29 is 18.7 Å². The van der Waals surface area contributed by atoms with Crippen LogP contribution in [0, 0.1) is 6.92 Å². The molecule has 0 saturated heterocycles. The highest BCUT2D eigenvalue weighted by molar-refractivity contribution is 9.10. The molecule has 4 nitrogen and oxygen atoms in total. The van der Waals surface area contributed by atoms with E-state index in [0.29, 0.717) is 19.0 Å². The molecule has 0 saturated carbocycles. The van der Waals surface area contributed by atoms with Gasteiger partial charge in [-0.3, -0.25) is 4.79 Å². The minimum Gasteiger partial charge on any atom is -0.489 e. The van der Waals surface area contributed by atoms with Gasteiger partial charge in [0.25, 0.3) is 0 Å². The first-order valence-corrected chi connectivity index (χ1v) is 11.8. The Kier molecular flexibility index (Phi) is 10.6. The number of esters is 1. The zero-order valence-corrected chi connectivity index (χ0v) is 20.6. The fourth-order valence-electron chi connectivity index (χ4n) is 3.15. The number of carbonyl (C=O) groups excluding carboxylic acids is 1.